The molecule has 0 aromatic heterocycles. The predicted molar refractivity (Wildman–Crippen MR) is 69.8 cm³/mol. The van der Waals surface area contributed by atoms with Crippen molar-refractivity contribution < 1.29 is 0 Å². The van der Waals surface area contributed by atoms with E-state index in [1.165, 1.54) is 37.2 Å². The SMILES string of the molecule is NC(=NCC1(C2CC2)CC1)N1CCSCC1. The van der Waals surface area contributed by atoms with Gasteiger partial charge in [0.15, 0.2) is 5.96 Å². The zero-order valence-electron chi connectivity index (χ0n) is 9.82. The molecule has 3 rings (SSSR count). The molecule has 0 aromatic carbocycles. The molecule has 2 saturated carbocycles. The van der Waals surface area contributed by atoms with E-state index < -0.39 is 0 Å². The molecule has 2 aliphatic carbocycles. The van der Waals surface area contributed by atoms with Crippen LogP contribution in [0.25, 0.3) is 0 Å². The van der Waals surface area contributed by atoms with Crippen molar-refractivity contribution >= 4 is 17.7 Å². The lowest BCUT2D eigenvalue weighted by Gasteiger charge is -2.27. The molecule has 0 bridgehead atoms. The fourth-order valence-electron chi connectivity index (χ4n) is 2.68. The molecule has 0 aromatic rings. The third-order valence-electron chi connectivity index (χ3n) is 4.23. The minimum Gasteiger partial charge on any atom is -0.370 e. The van der Waals surface area contributed by atoms with Gasteiger partial charge in [-0.25, -0.2) is 0 Å². The van der Waals surface area contributed by atoms with Crippen LogP contribution >= 0.6 is 11.8 Å². The third kappa shape index (κ3) is 2.17. The third-order valence-corrected chi connectivity index (χ3v) is 5.17. The molecule has 90 valence electrons. The Morgan fingerprint density at radius 1 is 1.31 bits per heavy atom. The predicted octanol–water partition coefficient (Wildman–Crippen LogP) is 1.54. The summed E-state index contributed by atoms with van der Waals surface area (Å²) in [7, 11) is 0. The Morgan fingerprint density at radius 2 is 2.00 bits per heavy atom. The van der Waals surface area contributed by atoms with Crippen LogP contribution < -0.4 is 5.73 Å². The van der Waals surface area contributed by atoms with E-state index in [0.717, 1.165) is 31.5 Å². The van der Waals surface area contributed by atoms with Gasteiger partial charge in [-0.3, -0.25) is 4.99 Å². The van der Waals surface area contributed by atoms with Gasteiger partial charge in [0.25, 0.3) is 0 Å². The van der Waals surface area contributed by atoms with Gasteiger partial charge in [-0.05, 0) is 37.0 Å². The standard InChI is InChI=1S/C12H21N3S/c13-11(15-5-7-16-8-6-15)14-9-12(3-4-12)10-1-2-10/h10H,1-9H2,(H2,13,14). The van der Waals surface area contributed by atoms with Crippen LogP contribution in [0.15, 0.2) is 4.99 Å². The highest BCUT2D eigenvalue weighted by atomic mass is 32.2. The molecule has 1 heterocycles. The summed E-state index contributed by atoms with van der Waals surface area (Å²) in [5.74, 6) is 4.18. The van der Waals surface area contributed by atoms with Crippen molar-refractivity contribution in [3.63, 3.8) is 0 Å². The summed E-state index contributed by atoms with van der Waals surface area (Å²) in [4.78, 5) is 6.90. The Kier molecular flexibility index (Phi) is 2.78. The lowest BCUT2D eigenvalue weighted by atomic mass is 10.0. The summed E-state index contributed by atoms with van der Waals surface area (Å²) in [6.45, 7) is 3.15. The number of thioether (sulfide) groups is 1. The lowest BCUT2D eigenvalue weighted by molar-refractivity contribution is 0.431. The van der Waals surface area contributed by atoms with Crippen LogP contribution in [0, 0.1) is 11.3 Å². The number of nitrogens with zero attached hydrogens (tertiary/aromatic N) is 2. The van der Waals surface area contributed by atoms with Gasteiger partial charge >= 0.3 is 0 Å². The highest BCUT2D eigenvalue weighted by Crippen LogP contribution is 2.61. The van der Waals surface area contributed by atoms with Crippen molar-refractivity contribution in [3.05, 3.63) is 0 Å². The van der Waals surface area contributed by atoms with Gasteiger partial charge in [-0.1, -0.05) is 0 Å². The van der Waals surface area contributed by atoms with Gasteiger partial charge in [0.2, 0.25) is 0 Å². The summed E-state index contributed by atoms with van der Waals surface area (Å²) in [5.41, 5.74) is 6.66. The topological polar surface area (TPSA) is 41.6 Å². The highest BCUT2D eigenvalue weighted by Gasteiger charge is 2.53. The second-order valence-electron chi connectivity index (χ2n) is 5.41. The van der Waals surface area contributed by atoms with Crippen LogP contribution in [-0.2, 0) is 0 Å². The molecule has 0 radical (unpaired) electrons. The molecule has 0 spiro atoms. The fraction of sp³-hybridized carbons (Fsp3) is 0.917. The molecule has 3 aliphatic rings. The molecule has 0 amide bonds. The molecule has 16 heavy (non-hydrogen) atoms. The van der Waals surface area contributed by atoms with E-state index in [2.05, 4.69) is 9.89 Å². The molecule has 1 aliphatic heterocycles. The number of aliphatic imine (C=N–C) groups is 1. The maximum absolute atomic E-state index is 6.07. The summed E-state index contributed by atoms with van der Waals surface area (Å²) in [5, 5.41) is 0. The smallest absolute Gasteiger partial charge is 0.191 e. The minimum atomic E-state index is 0.592. The number of rotatable bonds is 3. The number of guanidine groups is 1. The van der Waals surface area contributed by atoms with Gasteiger partial charge in [0.1, 0.15) is 0 Å². The van der Waals surface area contributed by atoms with E-state index in [1.807, 2.05) is 11.8 Å². The summed E-state index contributed by atoms with van der Waals surface area (Å²) >= 11 is 2.01. The summed E-state index contributed by atoms with van der Waals surface area (Å²) in [6, 6.07) is 0. The molecule has 0 unspecified atom stereocenters. The molecular formula is C12H21N3S. The van der Waals surface area contributed by atoms with Crippen molar-refractivity contribution in [1.29, 1.82) is 0 Å². The molecule has 3 fully saturated rings. The molecule has 1 saturated heterocycles. The van der Waals surface area contributed by atoms with Crippen molar-refractivity contribution in [3.8, 4) is 0 Å². The Hall–Kier alpha value is -0.380. The summed E-state index contributed by atoms with van der Waals surface area (Å²) in [6.07, 6.45) is 5.67. The van der Waals surface area contributed by atoms with Crippen LogP contribution in [0.2, 0.25) is 0 Å². The van der Waals surface area contributed by atoms with Gasteiger partial charge in [0, 0.05) is 31.1 Å². The normalized spacial score (nSPS) is 29.2. The molecular weight excluding hydrogens is 218 g/mol. The van der Waals surface area contributed by atoms with E-state index in [9.17, 15) is 0 Å². The fourth-order valence-corrected chi connectivity index (χ4v) is 3.59. The first-order chi connectivity index (χ1) is 7.80. The average Bonchev–Trinajstić information content (AvgIpc) is 3.17. The average molecular weight is 239 g/mol. The van der Waals surface area contributed by atoms with E-state index >= 15 is 0 Å². The maximum atomic E-state index is 6.07. The second-order valence-corrected chi connectivity index (χ2v) is 6.64. The van der Waals surface area contributed by atoms with Crippen LogP contribution in [0.3, 0.4) is 0 Å². The number of nitrogens with two attached hydrogens (primary N) is 1. The van der Waals surface area contributed by atoms with Gasteiger partial charge in [0.05, 0.1) is 0 Å². The molecule has 0 atom stereocenters. The van der Waals surface area contributed by atoms with Crippen molar-refractivity contribution in [2.45, 2.75) is 25.7 Å². The van der Waals surface area contributed by atoms with Crippen LogP contribution in [0.4, 0.5) is 0 Å². The number of hydrogen-bond donors (Lipinski definition) is 1. The van der Waals surface area contributed by atoms with E-state index in [0.29, 0.717) is 5.41 Å². The zero-order valence-corrected chi connectivity index (χ0v) is 10.6. The maximum Gasteiger partial charge on any atom is 0.191 e. The number of hydrogen-bond acceptors (Lipinski definition) is 2. The quantitative estimate of drug-likeness (QED) is 0.600. The van der Waals surface area contributed by atoms with Crippen LogP contribution in [0.1, 0.15) is 25.7 Å². The summed E-state index contributed by atoms with van der Waals surface area (Å²) < 4.78 is 0. The van der Waals surface area contributed by atoms with Crippen LogP contribution in [0.5, 0.6) is 0 Å². The Morgan fingerprint density at radius 3 is 2.56 bits per heavy atom. The highest BCUT2D eigenvalue weighted by molar-refractivity contribution is 7.99. The lowest BCUT2D eigenvalue weighted by Crippen LogP contribution is -2.43. The zero-order chi connectivity index (χ0) is 11.0. The first kappa shape index (κ1) is 10.8. The second kappa shape index (κ2) is 4.13. The minimum absolute atomic E-state index is 0.592. The Balaban J connectivity index is 1.54. The van der Waals surface area contributed by atoms with E-state index in [1.54, 1.807) is 0 Å². The largest absolute Gasteiger partial charge is 0.370 e. The molecule has 2 N–H and O–H groups in total. The van der Waals surface area contributed by atoms with Crippen molar-refractivity contribution in [2.24, 2.45) is 22.1 Å². The van der Waals surface area contributed by atoms with Crippen LogP contribution in [-0.4, -0.2) is 42.0 Å². The Labute approximate surface area is 102 Å². The first-order valence-corrected chi connectivity index (χ1v) is 7.58. The van der Waals surface area contributed by atoms with Gasteiger partial charge < -0.3 is 10.6 Å². The molecule has 4 heteroatoms. The molecule has 3 nitrogen and oxygen atoms in total. The van der Waals surface area contributed by atoms with E-state index in [4.69, 9.17) is 5.73 Å². The first-order valence-electron chi connectivity index (χ1n) is 6.43. The monoisotopic (exact) mass is 239 g/mol. The van der Waals surface area contributed by atoms with E-state index in [-0.39, 0.29) is 0 Å². The Bertz CT molecular complexity index is 289. The van der Waals surface area contributed by atoms with Crippen molar-refractivity contribution in [1.82, 2.24) is 4.90 Å². The van der Waals surface area contributed by atoms with Crippen molar-refractivity contribution in [2.75, 3.05) is 31.1 Å². The van der Waals surface area contributed by atoms with Gasteiger partial charge in [-0.2, -0.15) is 11.8 Å². The van der Waals surface area contributed by atoms with Gasteiger partial charge in [-0.15, -0.1) is 0 Å².